The van der Waals surface area contributed by atoms with Gasteiger partial charge >= 0.3 is 0 Å². The van der Waals surface area contributed by atoms with Gasteiger partial charge in [0, 0.05) is 11.7 Å². The normalized spacial score (nSPS) is 13.1. The Balaban J connectivity index is 2.24. The fourth-order valence-electron chi connectivity index (χ4n) is 1.80. The van der Waals surface area contributed by atoms with Crippen LogP contribution >= 0.6 is 15.9 Å². The summed E-state index contributed by atoms with van der Waals surface area (Å²) < 4.78 is 40.6. The van der Waals surface area contributed by atoms with Gasteiger partial charge in [0.25, 0.3) is 0 Å². The molecule has 0 aliphatic rings. The molecular formula is C14H14BrFN2O2S. The minimum absolute atomic E-state index is 0.120. The van der Waals surface area contributed by atoms with Gasteiger partial charge in [0.05, 0.1) is 9.37 Å². The van der Waals surface area contributed by atoms with Crippen LogP contribution in [0.3, 0.4) is 0 Å². The lowest BCUT2D eigenvalue weighted by molar-refractivity contribution is 0.563. The molecule has 0 fully saturated rings. The molecule has 3 N–H and O–H groups in total. The molecule has 0 bridgehead atoms. The van der Waals surface area contributed by atoms with Crippen molar-refractivity contribution in [2.75, 3.05) is 5.73 Å². The first-order valence-electron chi connectivity index (χ1n) is 6.12. The van der Waals surface area contributed by atoms with Crippen molar-refractivity contribution in [2.45, 2.75) is 17.9 Å². The van der Waals surface area contributed by atoms with Crippen LogP contribution in [0, 0.1) is 5.82 Å². The summed E-state index contributed by atoms with van der Waals surface area (Å²) in [6.07, 6.45) is 0. The van der Waals surface area contributed by atoms with Gasteiger partial charge in [-0.2, -0.15) is 0 Å². The van der Waals surface area contributed by atoms with Gasteiger partial charge in [0.15, 0.2) is 0 Å². The number of benzene rings is 2. The SMILES string of the molecule is CC(NS(=O)(=O)c1ccc(Br)c(F)c1)c1ccc(N)cc1. The Hall–Kier alpha value is -1.44. The molecule has 21 heavy (non-hydrogen) atoms. The number of anilines is 1. The molecule has 4 nitrogen and oxygen atoms in total. The van der Waals surface area contributed by atoms with Crippen molar-refractivity contribution in [2.24, 2.45) is 0 Å². The molecule has 0 heterocycles. The molecule has 0 saturated carbocycles. The Morgan fingerprint density at radius 1 is 1.19 bits per heavy atom. The van der Waals surface area contributed by atoms with E-state index in [9.17, 15) is 12.8 Å². The Labute approximate surface area is 131 Å². The Morgan fingerprint density at radius 2 is 1.81 bits per heavy atom. The van der Waals surface area contributed by atoms with Gasteiger partial charge in [-0.05, 0) is 58.7 Å². The summed E-state index contributed by atoms with van der Waals surface area (Å²) >= 11 is 2.99. The van der Waals surface area contributed by atoms with Crippen LogP contribution in [-0.2, 0) is 10.0 Å². The maximum absolute atomic E-state index is 13.5. The lowest BCUT2D eigenvalue weighted by atomic mass is 10.1. The van der Waals surface area contributed by atoms with Crippen LogP contribution in [0.2, 0.25) is 0 Å². The molecule has 0 aliphatic heterocycles. The number of rotatable bonds is 4. The van der Waals surface area contributed by atoms with E-state index >= 15 is 0 Å². The van der Waals surface area contributed by atoms with Gasteiger partial charge in [-0.1, -0.05) is 12.1 Å². The molecule has 7 heteroatoms. The van der Waals surface area contributed by atoms with Gasteiger partial charge in [-0.25, -0.2) is 17.5 Å². The molecule has 0 radical (unpaired) electrons. The average Bonchev–Trinajstić information content (AvgIpc) is 2.42. The van der Waals surface area contributed by atoms with Crippen molar-refractivity contribution in [3.05, 3.63) is 58.3 Å². The number of hydrogen-bond donors (Lipinski definition) is 2. The van der Waals surface area contributed by atoms with Crippen LogP contribution in [0.5, 0.6) is 0 Å². The molecule has 112 valence electrons. The van der Waals surface area contributed by atoms with Crippen molar-refractivity contribution >= 4 is 31.6 Å². The van der Waals surface area contributed by atoms with E-state index in [1.807, 2.05) is 0 Å². The molecule has 2 rings (SSSR count). The highest BCUT2D eigenvalue weighted by Gasteiger charge is 2.19. The van der Waals surface area contributed by atoms with E-state index in [4.69, 9.17) is 5.73 Å². The van der Waals surface area contributed by atoms with Crippen molar-refractivity contribution in [1.29, 1.82) is 0 Å². The zero-order valence-electron chi connectivity index (χ0n) is 11.2. The maximum Gasteiger partial charge on any atom is 0.241 e. The van der Waals surface area contributed by atoms with E-state index in [2.05, 4.69) is 20.7 Å². The smallest absolute Gasteiger partial charge is 0.241 e. The number of halogens is 2. The summed E-state index contributed by atoms with van der Waals surface area (Å²) in [7, 11) is -3.80. The molecule has 1 unspecified atom stereocenters. The lowest BCUT2D eigenvalue weighted by Crippen LogP contribution is -2.27. The summed E-state index contributed by atoms with van der Waals surface area (Å²) in [6, 6.07) is 10.1. The van der Waals surface area contributed by atoms with Gasteiger partial charge in [-0.3, -0.25) is 0 Å². The van der Waals surface area contributed by atoms with Crippen molar-refractivity contribution in [3.63, 3.8) is 0 Å². The monoisotopic (exact) mass is 372 g/mol. The fourth-order valence-corrected chi connectivity index (χ4v) is 3.29. The molecule has 0 amide bonds. The van der Waals surface area contributed by atoms with E-state index in [-0.39, 0.29) is 9.37 Å². The van der Waals surface area contributed by atoms with Crippen molar-refractivity contribution in [1.82, 2.24) is 4.72 Å². The van der Waals surface area contributed by atoms with Gasteiger partial charge in [0.1, 0.15) is 5.82 Å². The van der Waals surface area contributed by atoms with Crippen LogP contribution in [-0.4, -0.2) is 8.42 Å². The van der Waals surface area contributed by atoms with E-state index in [0.29, 0.717) is 5.69 Å². The minimum atomic E-state index is -3.80. The predicted octanol–water partition coefficient (Wildman–Crippen LogP) is 3.21. The quantitative estimate of drug-likeness (QED) is 0.809. The number of nitrogens with two attached hydrogens (primary N) is 1. The van der Waals surface area contributed by atoms with E-state index < -0.39 is 21.9 Å². The number of nitrogens with one attached hydrogen (secondary N) is 1. The summed E-state index contributed by atoms with van der Waals surface area (Å²) in [5.74, 6) is -0.627. The van der Waals surface area contributed by atoms with E-state index in [1.165, 1.54) is 12.1 Å². The summed E-state index contributed by atoms with van der Waals surface area (Å²) in [5.41, 5.74) is 6.96. The van der Waals surface area contributed by atoms with Crippen molar-refractivity contribution in [3.8, 4) is 0 Å². The third-order valence-electron chi connectivity index (χ3n) is 2.97. The molecule has 0 aromatic heterocycles. The molecular weight excluding hydrogens is 359 g/mol. The van der Waals surface area contributed by atoms with Crippen LogP contribution in [0.1, 0.15) is 18.5 Å². The van der Waals surface area contributed by atoms with Crippen LogP contribution in [0.4, 0.5) is 10.1 Å². The molecule has 0 aliphatic carbocycles. The highest BCUT2D eigenvalue weighted by atomic mass is 79.9. The minimum Gasteiger partial charge on any atom is -0.399 e. The molecule has 2 aromatic rings. The first kappa shape index (κ1) is 15.9. The summed E-state index contributed by atoms with van der Waals surface area (Å²) in [4.78, 5) is -0.120. The third kappa shape index (κ3) is 3.81. The lowest BCUT2D eigenvalue weighted by Gasteiger charge is -2.15. The second-order valence-electron chi connectivity index (χ2n) is 4.59. The third-order valence-corrected chi connectivity index (χ3v) is 5.15. The second kappa shape index (κ2) is 6.13. The van der Waals surface area contributed by atoms with Crippen LogP contribution in [0.25, 0.3) is 0 Å². The van der Waals surface area contributed by atoms with E-state index in [1.54, 1.807) is 31.2 Å². The average molecular weight is 373 g/mol. The Morgan fingerprint density at radius 3 is 2.38 bits per heavy atom. The maximum atomic E-state index is 13.5. The van der Waals surface area contributed by atoms with Crippen molar-refractivity contribution < 1.29 is 12.8 Å². The molecule has 1 atom stereocenters. The molecule has 0 saturated heterocycles. The summed E-state index contributed by atoms with van der Waals surface area (Å²) in [5, 5.41) is 0. The first-order valence-corrected chi connectivity index (χ1v) is 8.40. The zero-order valence-corrected chi connectivity index (χ0v) is 13.6. The van der Waals surface area contributed by atoms with E-state index in [0.717, 1.165) is 11.6 Å². The highest BCUT2D eigenvalue weighted by molar-refractivity contribution is 9.10. The second-order valence-corrected chi connectivity index (χ2v) is 7.15. The van der Waals surface area contributed by atoms with Gasteiger partial charge in [-0.15, -0.1) is 0 Å². The first-order chi connectivity index (χ1) is 9.79. The number of hydrogen-bond acceptors (Lipinski definition) is 3. The number of sulfonamides is 1. The van der Waals surface area contributed by atoms with Gasteiger partial charge in [0.2, 0.25) is 10.0 Å². The number of nitrogen functional groups attached to an aromatic ring is 1. The summed E-state index contributed by atoms with van der Waals surface area (Å²) in [6.45, 7) is 1.71. The Bertz CT molecular complexity index is 748. The fraction of sp³-hybridized carbons (Fsp3) is 0.143. The largest absolute Gasteiger partial charge is 0.399 e. The van der Waals surface area contributed by atoms with Gasteiger partial charge < -0.3 is 5.73 Å². The van der Waals surface area contributed by atoms with Crippen LogP contribution in [0.15, 0.2) is 51.8 Å². The molecule has 2 aromatic carbocycles. The van der Waals surface area contributed by atoms with Crippen LogP contribution < -0.4 is 10.5 Å². The highest BCUT2D eigenvalue weighted by Crippen LogP contribution is 2.22. The zero-order chi connectivity index (χ0) is 15.6. The molecule has 0 spiro atoms. The predicted molar refractivity (Wildman–Crippen MR) is 83.7 cm³/mol. The topological polar surface area (TPSA) is 72.2 Å². The Kier molecular flexibility index (Phi) is 4.65. The standard InChI is InChI=1S/C14H14BrFN2O2S/c1-9(10-2-4-11(17)5-3-10)18-21(19,20)12-6-7-13(15)14(16)8-12/h2-9,18H,17H2,1H3.